The predicted molar refractivity (Wildman–Crippen MR) is 53.3 cm³/mol. The Kier molecular flexibility index (Phi) is 4.14. The van der Waals surface area contributed by atoms with E-state index in [1.54, 1.807) is 6.20 Å². The highest BCUT2D eigenvalue weighted by Crippen LogP contribution is 2.27. The smallest absolute Gasteiger partial charge is 0.127 e. The van der Waals surface area contributed by atoms with E-state index in [1.807, 2.05) is 6.92 Å². The van der Waals surface area contributed by atoms with Crippen LogP contribution in [-0.4, -0.2) is 4.98 Å². The van der Waals surface area contributed by atoms with E-state index in [1.165, 1.54) is 0 Å². The van der Waals surface area contributed by atoms with Crippen molar-refractivity contribution in [1.82, 2.24) is 4.98 Å². The van der Waals surface area contributed by atoms with Crippen molar-refractivity contribution in [1.29, 1.82) is 0 Å². The molecule has 1 aromatic rings. The van der Waals surface area contributed by atoms with Gasteiger partial charge < -0.3 is 5.73 Å². The molecule has 2 nitrogen and oxygen atoms in total. The lowest BCUT2D eigenvalue weighted by Gasteiger charge is -2.01. The lowest BCUT2D eigenvalue weighted by molar-refractivity contribution is 1.26. The maximum atomic E-state index is 5.82. The average Bonchev–Trinajstić information content (AvgIpc) is 1.93. The highest BCUT2D eigenvalue weighted by molar-refractivity contribution is 9.10. The molecule has 0 amide bonds. The molecule has 1 rings (SSSR count). The summed E-state index contributed by atoms with van der Waals surface area (Å²) >= 11 is 9.05. The summed E-state index contributed by atoms with van der Waals surface area (Å²) in [5.74, 6) is 0.480. The van der Waals surface area contributed by atoms with Crippen molar-refractivity contribution in [3.8, 4) is 0 Å². The molecule has 0 saturated heterocycles. The van der Waals surface area contributed by atoms with Gasteiger partial charge in [0.2, 0.25) is 0 Å². The number of nitrogen functional groups attached to an aromatic ring is 1. The first kappa shape index (κ1) is 11.0. The third-order valence-electron chi connectivity index (χ3n) is 1.24. The number of nitrogens with two attached hydrogens (primary N) is 1. The molecule has 0 fully saturated rings. The Bertz CT molecular complexity index is 238. The molecule has 0 aliphatic heterocycles. The van der Waals surface area contributed by atoms with Crippen LogP contribution in [0, 0.1) is 6.92 Å². The van der Waals surface area contributed by atoms with Gasteiger partial charge in [0.1, 0.15) is 5.82 Å². The van der Waals surface area contributed by atoms with Gasteiger partial charge in [-0.2, -0.15) is 0 Å². The molecule has 1 heterocycles. The fraction of sp³-hybridized carbons (Fsp3) is 0.167. The van der Waals surface area contributed by atoms with E-state index in [4.69, 9.17) is 17.3 Å². The van der Waals surface area contributed by atoms with Crippen molar-refractivity contribution in [2.24, 2.45) is 0 Å². The number of aromatic nitrogens is 1. The standard InChI is InChI=1S/C6H6BrClN2.ClH/c1-3-5(8)4(7)2-10-6(3)9;/h2H,1H3,(H2,9,10);1H. The molecule has 2 N–H and O–H groups in total. The van der Waals surface area contributed by atoms with Crippen LogP contribution in [0.4, 0.5) is 5.82 Å². The Balaban J connectivity index is 0.000001000. The van der Waals surface area contributed by atoms with Gasteiger partial charge in [0.05, 0.1) is 9.50 Å². The number of hydrogen-bond acceptors (Lipinski definition) is 2. The number of anilines is 1. The van der Waals surface area contributed by atoms with Gasteiger partial charge in [0.15, 0.2) is 0 Å². The molecule has 0 atom stereocenters. The van der Waals surface area contributed by atoms with Gasteiger partial charge in [-0.15, -0.1) is 12.4 Å². The van der Waals surface area contributed by atoms with Gasteiger partial charge in [-0.3, -0.25) is 0 Å². The molecule has 0 radical (unpaired) electrons. The zero-order valence-electron chi connectivity index (χ0n) is 5.77. The Morgan fingerprint density at radius 1 is 1.64 bits per heavy atom. The first-order chi connectivity index (χ1) is 4.63. The summed E-state index contributed by atoms with van der Waals surface area (Å²) in [7, 11) is 0. The average molecular weight is 258 g/mol. The molecule has 5 heteroatoms. The van der Waals surface area contributed by atoms with Crippen LogP contribution in [0.15, 0.2) is 10.7 Å². The SMILES string of the molecule is Cc1c(N)ncc(Br)c1Cl.Cl. The third-order valence-corrected chi connectivity index (χ3v) is 2.56. The Hall–Kier alpha value is 0.01000. The monoisotopic (exact) mass is 256 g/mol. The van der Waals surface area contributed by atoms with Crippen LogP contribution in [-0.2, 0) is 0 Å². The van der Waals surface area contributed by atoms with Crippen molar-refractivity contribution in [2.45, 2.75) is 6.92 Å². The minimum Gasteiger partial charge on any atom is -0.383 e. The Morgan fingerprint density at radius 2 is 2.18 bits per heavy atom. The van der Waals surface area contributed by atoms with E-state index in [0.717, 1.165) is 10.0 Å². The van der Waals surface area contributed by atoms with Gasteiger partial charge >= 0.3 is 0 Å². The minimum atomic E-state index is 0. The summed E-state index contributed by atoms with van der Waals surface area (Å²) < 4.78 is 0.779. The van der Waals surface area contributed by atoms with Gasteiger partial charge in [0.25, 0.3) is 0 Å². The molecule has 0 aliphatic rings. The van der Waals surface area contributed by atoms with Crippen LogP contribution in [0.25, 0.3) is 0 Å². The molecule has 0 unspecified atom stereocenters. The van der Waals surface area contributed by atoms with Gasteiger partial charge in [-0.1, -0.05) is 11.6 Å². The van der Waals surface area contributed by atoms with Gasteiger partial charge in [0, 0.05) is 11.8 Å². The first-order valence-electron chi connectivity index (χ1n) is 2.69. The second-order valence-electron chi connectivity index (χ2n) is 1.93. The second-order valence-corrected chi connectivity index (χ2v) is 3.16. The van der Waals surface area contributed by atoms with Gasteiger partial charge in [-0.25, -0.2) is 4.98 Å². The fourth-order valence-electron chi connectivity index (χ4n) is 0.571. The van der Waals surface area contributed by atoms with E-state index in [0.29, 0.717) is 10.8 Å². The summed E-state index contributed by atoms with van der Waals surface area (Å²) in [6.07, 6.45) is 1.59. The van der Waals surface area contributed by atoms with E-state index in [9.17, 15) is 0 Å². The van der Waals surface area contributed by atoms with E-state index < -0.39 is 0 Å². The lowest BCUT2D eigenvalue weighted by Crippen LogP contribution is -1.93. The van der Waals surface area contributed by atoms with E-state index in [-0.39, 0.29) is 12.4 Å². The number of nitrogens with zero attached hydrogens (tertiary/aromatic N) is 1. The van der Waals surface area contributed by atoms with E-state index >= 15 is 0 Å². The number of pyridine rings is 1. The normalized spacial score (nSPS) is 9.00. The molecule has 0 saturated carbocycles. The highest BCUT2D eigenvalue weighted by atomic mass is 79.9. The molecule has 0 bridgehead atoms. The topological polar surface area (TPSA) is 38.9 Å². The summed E-state index contributed by atoms with van der Waals surface area (Å²) in [5, 5.41) is 0.632. The molecule has 62 valence electrons. The van der Waals surface area contributed by atoms with Crippen molar-refractivity contribution >= 4 is 45.8 Å². The summed E-state index contributed by atoms with van der Waals surface area (Å²) in [6, 6.07) is 0. The predicted octanol–water partition coefficient (Wildman–Crippen LogP) is 2.81. The Labute approximate surface area is 84.7 Å². The molecule has 11 heavy (non-hydrogen) atoms. The third kappa shape index (κ3) is 2.22. The van der Waals surface area contributed by atoms with Crippen LogP contribution in [0.3, 0.4) is 0 Å². The summed E-state index contributed by atoms with van der Waals surface area (Å²) in [5.41, 5.74) is 6.29. The molecular weight excluding hydrogens is 251 g/mol. The maximum absolute atomic E-state index is 5.82. The van der Waals surface area contributed by atoms with Crippen LogP contribution < -0.4 is 5.73 Å². The summed E-state index contributed by atoms with van der Waals surface area (Å²) in [4.78, 5) is 3.89. The number of halogens is 3. The summed E-state index contributed by atoms with van der Waals surface area (Å²) in [6.45, 7) is 1.83. The molecule has 1 aromatic heterocycles. The van der Waals surface area contributed by atoms with Crippen LogP contribution in [0.1, 0.15) is 5.56 Å². The van der Waals surface area contributed by atoms with Gasteiger partial charge in [-0.05, 0) is 22.9 Å². The largest absolute Gasteiger partial charge is 0.383 e. The minimum absolute atomic E-state index is 0. The van der Waals surface area contributed by atoms with Crippen molar-refractivity contribution in [2.75, 3.05) is 5.73 Å². The first-order valence-corrected chi connectivity index (χ1v) is 3.86. The van der Waals surface area contributed by atoms with Crippen LogP contribution in [0.2, 0.25) is 5.02 Å². The van der Waals surface area contributed by atoms with Crippen molar-refractivity contribution < 1.29 is 0 Å². The highest BCUT2D eigenvalue weighted by Gasteiger charge is 2.03. The zero-order valence-corrected chi connectivity index (χ0v) is 8.92. The zero-order chi connectivity index (χ0) is 7.72. The molecule has 0 spiro atoms. The quantitative estimate of drug-likeness (QED) is 0.776. The maximum Gasteiger partial charge on any atom is 0.127 e. The lowest BCUT2D eigenvalue weighted by atomic mass is 10.3. The van der Waals surface area contributed by atoms with E-state index in [2.05, 4.69) is 20.9 Å². The Morgan fingerprint density at radius 3 is 2.64 bits per heavy atom. The number of hydrogen-bond donors (Lipinski definition) is 1. The van der Waals surface area contributed by atoms with Crippen LogP contribution in [0.5, 0.6) is 0 Å². The van der Waals surface area contributed by atoms with Crippen molar-refractivity contribution in [3.05, 3.63) is 21.3 Å². The second kappa shape index (κ2) is 4.14. The van der Waals surface area contributed by atoms with Crippen LogP contribution >= 0.6 is 39.9 Å². The molecular formula is C6H7BrCl2N2. The number of rotatable bonds is 0. The van der Waals surface area contributed by atoms with Crippen molar-refractivity contribution in [3.63, 3.8) is 0 Å². The fourth-order valence-corrected chi connectivity index (χ4v) is 1.12. The molecule has 0 aromatic carbocycles. The molecule has 0 aliphatic carbocycles.